The molecule has 0 saturated carbocycles. The molecule has 0 unspecified atom stereocenters. The lowest BCUT2D eigenvalue weighted by atomic mass is 10.2. The summed E-state index contributed by atoms with van der Waals surface area (Å²) < 4.78 is 5.13. The highest BCUT2D eigenvalue weighted by Gasteiger charge is 2.11. The first-order valence-electron chi connectivity index (χ1n) is 5.87. The molecule has 0 fully saturated rings. The third-order valence-electron chi connectivity index (χ3n) is 2.47. The summed E-state index contributed by atoms with van der Waals surface area (Å²) >= 11 is 5.80. The zero-order valence-electron chi connectivity index (χ0n) is 10.0. The molecule has 1 aromatic rings. The predicted molar refractivity (Wildman–Crippen MR) is 70.3 cm³/mol. The topological polar surface area (TPSA) is 52.3 Å². The summed E-state index contributed by atoms with van der Waals surface area (Å²) in [5.74, 6) is -0.401. The molecule has 3 nitrogen and oxygen atoms in total. The Morgan fingerprint density at radius 3 is 2.82 bits per heavy atom. The van der Waals surface area contributed by atoms with Gasteiger partial charge < -0.3 is 10.5 Å². The van der Waals surface area contributed by atoms with Crippen molar-refractivity contribution in [2.24, 2.45) is 0 Å². The van der Waals surface area contributed by atoms with E-state index in [0.717, 1.165) is 25.7 Å². The zero-order chi connectivity index (χ0) is 12.7. The molecule has 0 atom stereocenters. The molecule has 2 N–H and O–H groups in total. The Kier molecular flexibility index (Phi) is 5.84. The molecular formula is C13H18ClNO2. The molecular weight excluding hydrogens is 238 g/mol. The quantitative estimate of drug-likeness (QED) is 0.479. The van der Waals surface area contributed by atoms with Crippen LogP contribution in [-0.4, -0.2) is 12.6 Å². The fourth-order valence-electron chi connectivity index (χ4n) is 1.48. The minimum absolute atomic E-state index is 0.341. The molecule has 1 aromatic carbocycles. The molecule has 0 saturated heterocycles. The summed E-state index contributed by atoms with van der Waals surface area (Å²) in [6.07, 6.45) is 4.29. The van der Waals surface area contributed by atoms with Crippen LogP contribution in [0.15, 0.2) is 18.2 Å². The van der Waals surface area contributed by atoms with Gasteiger partial charge in [0.1, 0.15) is 0 Å². The third-order valence-corrected chi connectivity index (χ3v) is 2.70. The van der Waals surface area contributed by atoms with Gasteiger partial charge in [0.2, 0.25) is 0 Å². The maximum Gasteiger partial charge on any atom is 0.340 e. The van der Waals surface area contributed by atoms with E-state index in [4.69, 9.17) is 22.1 Å². The molecule has 0 radical (unpaired) electrons. The van der Waals surface area contributed by atoms with Crippen molar-refractivity contribution < 1.29 is 9.53 Å². The first kappa shape index (κ1) is 13.8. The van der Waals surface area contributed by atoms with Crippen molar-refractivity contribution in [3.63, 3.8) is 0 Å². The lowest BCUT2D eigenvalue weighted by Crippen LogP contribution is -2.09. The monoisotopic (exact) mass is 255 g/mol. The van der Waals surface area contributed by atoms with Gasteiger partial charge in [-0.05, 0) is 24.6 Å². The second kappa shape index (κ2) is 7.17. The molecule has 0 aromatic heterocycles. The highest BCUT2D eigenvalue weighted by atomic mass is 35.5. The lowest BCUT2D eigenvalue weighted by molar-refractivity contribution is 0.0499. The molecule has 0 spiro atoms. The number of rotatable bonds is 6. The van der Waals surface area contributed by atoms with E-state index in [2.05, 4.69) is 6.92 Å². The fraction of sp³-hybridized carbons (Fsp3) is 0.462. The van der Waals surface area contributed by atoms with Crippen molar-refractivity contribution in [1.82, 2.24) is 0 Å². The zero-order valence-corrected chi connectivity index (χ0v) is 10.8. The molecule has 0 heterocycles. The minimum atomic E-state index is -0.401. The molecule has 94 valence electrons. The van der Waals surface area contributed by atoms with E-state index in [-0.39, 0.29) is 0 Å². The number of nitrogen functional groups attached to an aromatic ring is 1. The van der Waals surface area contributed by atoms with Gasteiger partial charge in [-0.25, -0.2) is 4.79 Å². The second-order valence-corrected chi connectivity index (χ2v) is 4.36. The van der Waals surface area contributed by atoms with Gasteiger partial charge in [-0.2, -0.15) is 0 Å². The molecule has 0 aliphatic carbocycles. The highest BCUT2D eigenvalue weighted by molar-refractivity contribution is 6.31. The second-order valence-electron chi connectivity index (χ2n) is 3.93. The van der Waals surface area contributed by atoms with E-state index < -0.39 is 5.97 Å². The number of anilines is 1. The maximum absolute atomic E-state index is 11.7. The molecule has 0 amide bonds. The van der Waals surface area contributed by atoms with Crippen molar-refractivity contribution in [2.45, 2.75) is 32.6 Å². The number of unbranched alkanes of at least 4 members (excludes halogenated alkanes) is 3. The molecule has 4 heteroatoms. The van der Waals surface area contributed by atoms with Crippen LogP contribution in [0.25, 0.3) is 0 Å². The number of esters is 1. The molecule has 1 rings (SSSR count). The Labute approximate surface area is 107 Å². The third kappa shape index (κ3) is 4.65. The van der Waals surface area contributed by atoms with Gasteiger partial charge in [-0.1, -0.05) is 37.8 Å². The van der Waals surface area contributed by atoms with Crippen LogP contribution in [-0.2, 0) is 4.74 Å². The summed E-state index contributed by atoms with van der Waals surface area (Å²) in [6, 6.07) is 4.79. The predicted octanol–water partition coefficient (Wildman–Crippen LogP) is 3.66. The molecule has 17 heavy (non-hydrogen) atoms. The average molecular weight is 256 g/mol. The Hall–Kier alpha value is -1.22. The van der Waals surface area contributed by atoms with Gasteiger partial charge >= 0.3 is 5.97 Å². The number of hydrogen-bond acceptors (Lipinski definition) is 3. The highest BCUT2D eigenvalue weighted by Crippen LogP contribution is 2.18. The summed E-state index contributed by atoms with van der Waals surface area (Å²) in [7, 11) is 0. The number of ether oxygens (including phenoxy) is 1. The number of carbonyl (C=O) groups excluding carboxylic acids is 1. The summed E-state index contributed by atoms with van der Waals surface area (Å²) in [6.45, 7) is 2.57. The van der Waals surface area contributed by atoms with E-state index >= 15 is 0 Å². The molecule has 0 aliphatic heterocycles. The van der Waals surface area contributed by atoms with Crippen LogP contribution in [0.1, 0.15) is 43.0 Å². The van der Waals surface area contributed by atoms with Crippen LogP contribution in [0.2, 0.25) is 5.02 Å². The number of halogens is 1. The van der Waals surface area contributed by atoms with Crippen molar-refractivity contribution in [3.8, 4) is 0 Å². The Morgan fingerprint density at radius 1 is 1.35 bits per heavy atom. The van der Waals surface area contributed by atoms with Gasteiger partial charge in [0.15, 0.2) is 0 Å². The van der Waals surface area contributed by atoms with Crippen molar-refractivity contribution in [3.05, 3.63) is 28.8 Å². The first-order chi connectivity index (χ1) is 8.15. The van der Waals surface area contributed by atoms with E-state index in [0.29, 0.717) is 22.9 Å². The Bertz CT molecular complexity index is 380. The molecule has 0 bridgehead atoms. The summed E-state index contributed by atoms with van der Waals surface area (Å²) in [5.41, 5.74) is 6.42. The van der Waals surface area contributed by atoms with E-state index in [1.54, 1.807) is 12.1 Å². The number of benzene rings is 1. The van der Waals surface area contributed by atoms with Crippen LogP contribution >= 0.6 is 11.6 Å². The van der Waals surface area contributed by atoms with Crippen molar-refractivity contribution >= 4 is 23.3 Å². The SMILES string of the molecule is CCCCCCOC(=O)c1cc(Cl)ccc1N. The lowest BCUT2D eigenvalue weighted by Gasteiger charge is -2.07. The largest absolute Gasteiger partial charge is 0.462 e. The van der Waals surface area contributed by atoms with Gasteiger partial charge in [0, 0.05) is 10.7 Å². The summed E-state index contributed by atoms with van der Waals surface area (Å²) in [4.78, 5) is 11.7. The normalized spacial score (nSPS) is 10.2. The number of hydrogen-bond donors (Lipinski definition) is 1. The van der Waals surface area contributed by atoms with Crippen LogP contribution in [0, 0.1) is 0 Å². The molecule has 0 aliphatic rings. The van der Waals surface area contributed by atoms with E-state index in [9.17, 15) is 4.79 Å². The standard InChI is InChI=1S/C13H18ClNO2/c1-2-3-4-5-8-17-13(16)11-9-10(14)6-7-12(11)15/h6-7,9H,2-5,8,15H2,1H3. The van der Waals surface area contributed by atoms with Gasteiger partial charge in [0.05, 0.1) is 12.2 Å². The van der Waals surface area contributed by atoms with Crippen LogP contribution < -0.4 is 5.73 Å². The van der Waals surface area contributed by atoms with Crippen LogP contribution in [0.3, 0.4) is 0 Å². The Balaban J connectivity index is 2.44. The fourth-order valence-corrected chi connectivity index (χ4v) is 1.65. The van der Waals surface area contributed by atoms with Crippen molar-refractivity contribution in [2.75, 3.05) is 12.3 Å². The van der Waals surface area contributed by atoms with Crippen LogP contribution in [0.4, 0.5) is 5.69 Å². The maximum atomic E-state index is 11.7. The van der Waals surface area contributed by atoms with Gasteiger partial charge in [-0.15, -0.1) is 0 Å². The van der Waals surface area contributed by atoms with E-state index in [1.807, 2.05) is 0 Å². The number of carbonyl (C=O) groups is 1. The van der Waals surface area contributed by atoms with Crippen LogP contribution in [0.5, 0.6) is 0 Å². The van der Waals surface area contributed by atoms with Gasteiger partial charge in [0.25, 0.3) is 0 Å². The van der Waals surface area contributed by atoms with Crippen molar-refractivity contribution in [1.29, 1.82) is 0 Å². The minimum Gasteiger partial charge on any atom is -0.462 e. The number of nitrogens with two attached hydrogens (primary N) is 1. The summed E-state index contributed by atoms with van der Waals surface area (Å²) in [5, 5.41) is 0.483. The smallest absolute Gasteiger partial charge is 0.340 e. The van der Waals surface area contributed by atoms with E-state index in [1.165, 1.54) is 6.07 Å². The Morgan fingerprint density at radius 2 is 2.12 bits per heavy atom. The van der Waals surface area contributed by atoms with Gasteiger partial charge in [-0.3, -0.25) is 0 Å². The first-order valence-corrected chi connectivity index (χ1v) is 6.25. The average Bonchev–Trinajstić information content (AvgIpc) is 2.32.